The summed E-state index contributed by atoms with van der Waals surface area (Å²) in [6, 6.07) is 0. The van der Waals surface area contributed by atoms with Gasteiger partial charge in [0.2, 0.25) is 0 Å². The molecule has 36 valence electrons. The van der Waals surface area contributed by atoms with E-state index in [4.69, 9.17) is 0 Å². The summed E-state index contributed by atoms with van der Waals surface area (Å²) in [4.78, 5) is 0. The smallest absolute Gasteiger partial charge is 0.410 e. The molecule has 1 nitrogen and oxygen atoms in total. The topological polar surface area (TPSA) is 9.23 Å². The van der Waals surface area contributed by atoms with Gasteiger partial charge in [-0.15, -0.1) is 0 Å². The lowest BCUT2D eigenvalue weighted by Crippen LogP contribution is -2.00. The summed E-state index contributed by atoms with van der Waals surface area (Å²) >= 11 is 0.407. The highest BCUT2D eigenvalue weighted by Gasteiger charge is 1.95. The van der Waals surface area contributed by atoms with Gasteiger partial charge in [-0.2, -0.15) is 0 Å². The summed E-state index contributed by atoms with van der Waals surface area (Å²) in [6.45, 7) is -0.397. The average Bonchev–Trinajstić information content (AvgIpc) is 1.35. The van der Waals surface area contributed by atoms with Gasteiger partial charge in [-0.05, 0) is 0 Å². The van der Waals surface area contributed by atoms with E-state index in [2.05, 4.69) is 3.79 Å². The summed E-state index contributed by atoms with van der Waals surface area (Å²) in [6.07, 6.45) is -2.29. The molecule has 4 heteroatoms. The molecule has 0 radical (unpaired) electrons. The number of hydrogen-bond donors (Lipinski definition) is 0. The Balaban J connectivity index is 2.63. The van der Waals surface area contributed by atoms with E-state index in [-0.39, 0.29) is 0 Å². The summed E-state index contributed by atoms with van der Waals surface area (Å²) in [5, 5.41) is 0. The molecule has 0 aromatic rings. The first-order chi connectivity index (χ1) is 2.77. The third-order valence-electron chi connectivity index (χ3n) is 0.293. The van der Waals surface area contributed by atoms with Crippen molar-refractivity contribution in [2.45, 2.75) is 6.43 Å². The van der Waals surface area contributed by atoms with Crippen LogP contribution in [0.15, 0.2) is 0 Å². The minimum atomic E-state index is -2.29. The summed E-state index contributed by atoms with van der Waals surface area (Å²) < 4.78 is 26.1. The van der Waals surface area contributed by atoms with Crippen LogP contribution in [0.2, 0.25) is 0 Å². The maximum absolute atomic E-state index is 10.9. The molecule has 0 aromatic heterocycles. The first-order valence-corrected chi connectivity index (χ1v) is 2.36. The molecule has 0 rings (SSSR count). The van der Waals surface area contributed by atoms with E-state index in [1.807, 2.05) is 0 Å². The van der Waals surface area contributed by atoms with Gasteiger partial charge >= 0.3 is 16.6 Å². The van der Waals surface area contributed by atoms with Crippen molar-refractivity contribution in [3.63, 3.8) is 0 Å². The van der Waals surface area contributed by atoms with E-state index in [9.17, 15) is 8.78 Å². The molecule has 0 amide bonds. The normalized spacial score (nSPS) is 9.83. The molecular formula is C2H5AlF2O. The Morgan fingerprint density at radius 2 is 2.17 bits per heavy atom. The minimum absolute atomic E-state index is 0.397. The van der Waals surface area contributed by atoms with Gasteiger partial charge < -0.3 is 3.79 Å². The van der Waals surface area contributed by atoms with Crippen molar-refractivity contribution in [2.24, 2.45) is 0 Å². The minimum Gasteiger partial charge on any atom is -0.502 e. The lowest BCUT2D eigenvalue weighted by molar-refractivity contribution is 0.0866. The first kappa shape index (κ1) is 6.35. The second kappa shape index (κ2) is 3.54. The van der Waals surface area contributed by atoms with Gasteiger partial charge in [0.05, 0.1) is 6.61 Å². The fourth-order valence-corrected chi connectivity index (χ4v) is 0.378. The van der Waals surface area contributed by atoms with Crippen molar-refractivity contribution in [2.75, 3.05) is 6.61 Å². The molecule has 0 saturated heterocycles. The van der Waals surface area contributed by atoms with Crippen molar-refractivity contribution >= 4 is 16.6 Å². The maximum Gasteiger partial charge on any atom is 0.410 e. The highest BCUT2D eigenvalue weighted by molar-refractivity contribution is 5.97. The third-order valence-corrected chi connectivity index (χ3v) is 0.626. The Kier molecular flexibility index (Phi) is 3.75. The zero-order valence-electron chi connectivity index (χ0n) is 3.45. The molecule has 0 aliphatic heterocycles. The van der Waals surface area contributed by atoms with Crippen LogP contribution >= 0.6 is 0 Å². The van der Waals surface area contributed by atoms with Gasteiger partial charge in [-0.3, -0.25) is 0 Å². The molecule has 0 atom stereocenters. The molecule has 0 heterocycles. The van der Waals surface area contributed by atoms with Gasteiger partial charge in [0.25, 0.3) is 6.43 Å². The van der Waals surface area contributed by atoms with Crippen molar-refractivity contribution < 1.29 is 12.6 Å². The molecule has 0 bridgehead atoms. The Morgan fingerprint density at radius 3 is 2.17 bits per heavy atom. The Hall–Kier alpha value is 0.352. The molecule has 0 aromatic carbocycles. The second-order valence-electron chi connectivity index (χ2n) is 0.846. The summed E-state index contributed by atoms with van der Waals surface area (Å²) in [5.74, 6) is 0. The molecule has 0 fully saturated rings. The second-order valence-corrected chi connectivity index (χ2v) is 1.42. The summed E-state index contributed by atoms with van der Waals surface area (Å²) in [7, 11) is 0. The monoisotopic (exact) mass is 110 g/mol. The fraction of sp³-hybridized carbons (Fsp3) is 1.00. The zero-order chi connectivity index (χ0) is 4.99. The number of hydrogen-bond acceptors (Lipinski definition) is 1. The van der Waals surface area contributed by atoms with Gasteiger partial charge in [0.1, 0.15) is 0 Å². The zero-order valence-corrected chi connectivity index (χ0v) is 5.45. The van der Waals surface area contributed by atoms with Gasteiger partial charge in [-0.1, -0.05) is 0 Å². The van der Waals surface area contributed by atoms with E-state index in [1.165, 1.54) is 0 Å². The maximum atomic E-state index is 10.9. The Bertz CT molecular complexity index is 32.7. The van der Waals surface area contributed by atoms with Crippen LogP contribution in [0.25, 0.3) is 0 Å². The number of alkyl halides is 2. The lowest BCUT2D eigenvalue weighted by Gasteiger charge is -1.92. The molecule has 0 unspecified atom stereocenters. The van der Waals surface area contributed by atoms with Crippen molar-refractivity contribution in [3.8, 4) is 0 Å². The van der Waals surface area contributed by atoms with Crippen LogP contribution in [0, 0.1) is 0 Å². The quantitative estimate of drug-likeness (QED) is 0.448. The molecule has 0 N–H and O–H groups in total. The SMILES string of the molecule is FC(F)C[O][AlH2]. The molecule has 0 aliphatic rings. The fourth-order valence-electron chi connectivity index (χ4n) is 0.126. The highest BCUT2D eigenvalue weighted by Crippen LogP contribution is 1.88. The van der Waals surface area contributed by atoms with Gasteiger partial charge in [0.15, 0.2) is 0 Å². The Morgan fingerprint density at radius 1 is 1.67 bits per heavy atom. The van der Waals surface area contributed by atoms with E-state index in [0.29, 0.717) is 16.6 Å². The van der Waals surface area contributed by atoms with Crippen LogP contribution in [-0.2, 0) is 3.79 Å². The van der Waals surface area contributed by atoms with Gasteiger partial charge in [0, 0.05) is 0 Å². The predicted molar refractivity (Wildman–Crippen MR) is 20.5 cm³/mol. The lowest BCUT2D eigenvalue weighted by atomic mass is 10.8. The first-order valence-electron chi connectivity index (χ1n) is 1.54. The van der Waals surface area contributed by atoms with Crippen molar-refractivity contribution in [1.82, 2.24) is 0 Å². The third kappa shape index (κ3) is 4.35. The number of halogens is 2. The summed E-state index contributed by atoms with van der Waals surface area (Å²) in [5.41, 5.74) is 0. The molecule has 6 heavy (non-hydrogen) atoms. The van der Waals surface area contributed by atoms with E-state index < -0.39 is 13.0 Å². The molecule has 0 spiro atoms. The number of rotatable bonds is 2. The van der Waals surface area contributed by atoms with Crippen LogP contribution in [0.5, 0.6) is 0 Å². The van der Waals surface area contributed by atoms with Crippen LogP contribution in [-0.4, -0.2) is 29.7 Å². The van der Waals surface area contributed by atoms with Crippen molar-refractivity contribution in [1.29, 1.82) is 0 Å². The van der Waals surface area contributed by atoms with E-state index >= 15 is 0 Å². The Labute approximate surface area is 43.0 Å². The van der Waals surface area contributed by atoms with Crippen LogP contribution in [0.1, 0.15) is 0 Å². The van der Waals surface area contributed by atoms with E-state index in [1.54, 1.807) is 0 Å². The van der Waals surface area contributed by atoms with Crippen LogP contribution in [0.3, 0.4) is 0 Å². The van der Waals surface area contributed by atoms with E-state index in [0.717, 1.165) is 0 Å². The average molecular weight is 110 g/mol. The molecule has 0 aliphatic carbocycles. The molecular weight excluding hydrogens is 105 g/mol. The van der Waals surface area contributed by atoms with Gasteiger partial charge in [-0.25, -0.2) is 8.78 Å². The standard InChI is InChI=1S/C2H3F2O.Al.2H/c3-2(4)1-5;;;/h2H,1H2;;;/q-1;+1;;. The van der Waals surface area contributed by atoms with Crippen LogP contribution in [0.4, 0.5) is 8.78 Å². The predicted octanol–water partition coefficient (Wildman–Crippen LogP) is -0.184. The largest absolute Gasteiger partial charge is 0.502 e. The van der Waals surface area contributed by atoms with Crippen LogP contribution < -0.4 is 0 Å². The highest BCUT2D eigenvalue weighted by atomic mass is 27.1. The molecule has 0 saturated carbocycles. The van der Waals surface area contributed by atoms with Crippen molar-refractivity contribution in [3.05, 3.63) is 0 Å².